The lowest BCUT2D eigenvalue weighted by Gasteiger charge is -2.12. The van der Waals surface area contributed by atoms with Gasteiger partial charge in [0.25, 0.3) is 0 Å². The van der Waals surface area contributed by atoms with Gasteiger partial charge in [-0.2, -0.15) is 9.97 Å². The van der Waals surface area contributed by atoms with Crippen LogP contribution in [0.1, 0.15) is 32.5 Å². The van der Waals surface area contributed by atoms with E-state index in [1.54, 1.807) is 19.4 Å². The smallest absolute Gasteiger partial charge is 0.226 e. The van der Waals surface area contributed by atoms with E-state index in [0.717, 1.165) is 11.3 Å². The summed E-state index contributed by atoms with van der Waals surface area (Å²) < 4.78 is 2.00. The first kappa shape index (κ1) is 17.1. The van der Waals surface area contributed by atoms with Crippen molar-refractivity contribution in [1.82, 2.24) is 24.5 Å². The molecule has 1 atom stereocenters. The zero-order valence-corrected chi connectivity index (χ0v) is 14.6. The van der Waals surface area contributed by atoms with Gasteiger partial charge in [0.2, 0.25) is 5.95 Å². The van der Waals surface area contributed by atoms with Crippen molar-refractivity contribution < 1.29 is 5.11 Å². The standard InChI is InChI=1S/C17H23N7O/c1-11(2)24-10-21-14-15(19-9-13-6-4-5-7-18-13)22-17(23-16(14)24)20-8-12(3)25/h4-7,10-12,25H,8-9H2,1-3H3,(H2,19,20,22,23). The van der Waals surface area contributed by atoms with Crippen LogP contribution in [0.15, 0.2) is 30.7 Å². The van der Waals surface area contributed by atoms with Gasteiger partial charge >= 0.3 is 0 Å². The number of fused-ring (bicyclic) bond motifs is 1. The number of nitrogens with zero attached hydrogens (tertiary/aromatic N) is 5. The summed E-state index contributed by atoms with van der Waals surface area (Å²) in [5, 5.41) is 15.8. The topological polar surface area (TPSA) is 101 Å². The molecule has 0 aromatic carbocycles. The summed E-state index contributed by atoms with van der Waals surface area (Å²) in [6.45, 7) is 6.78. The summed E-state index contributed by atoms with van der Waals surface area (Å²) >= 11 is 0. The predicted octanol–water partition coefficient (Wildman–Crippen LogP) is 2.21. The van der Waals surface area contributed by atoms with Gasteiger partial charge in [-0.3, -0.25) is 4.98 Å². The Morgan fingerprint density at radius 1 is 1.12 bits per heavy atom. The van der Waals surface area contributed by atoms with Crippen LogP contribution in [-0.4, -0.2) is 42.3 Å². The molecular weight excluding hydrogens is 318 g/mol. The number of rotatable bonds is 7. The van der Waals surface area contributed by atoms with Gasteiger partial charge in [-0.15, -0.1) is 0 Å². The number of anilines is 2. The zero-order valence-electron chi connectivity index (χ0n) is 14.6. The SMILES string of the molecule is CC(O)CNc1nc(NCc2ccccn2)c2ncn(C(C)C)c2n1. The highest BCUT2D eigenvalue weighted by atomic mass is 16.3. The summed E-state index contributed by atoms with van der Waals surface area (Å²) in [5.41, 5.74) is 2.38. The third kappa shape index (κ3) is 4.03. The molecule has 0 bridgehead atoms. The fraction of sp³-hybridized carbons (Fsp3) is 0.412. The molecule has 0 spiro atoms. The van der Waals surface area contributed by atoms with Gasteiger partial charge in [-0.25, -0.2) is 4.98 Å². The van der Waals surface area contributed by atoms with Crippen LogP contribution in [0, 0.1) is 0 Å². The number of aromatic nitrogens is 5. The molecule has 1 unspecified atom stereocenters. The molecule has 0 aliphatic rings. The molecule has 25 heavy (non-hydrogen) atoms. The Labute approximate surface area is 146 Å². The average Bonchev–Trinajstić information content (AvgIpc) is 3.03. The summed E-state index contributed by atoms with van der Waals surface area (Å²) in [4.78, 5) is 17.8. The van der Waals surface area contributed by atoms with E-state index >= 15 is 0 Å². The molecule has 3 aromatic rings. The number of nitrogens with one attached hydrogen (secondary N) is 2. The molecule has 0 saturated carbocycles. The molecule has 8 nitrogen and oxygen atoms in total. The van der Waals surface area contributed by atoms with Crippen LogP contribution in [0.5, 0.6) is 0 Å². The lowest BCUT2D eigenvalue weighted by atomic mass is 10.3. The maximum atomic E-state index is 9.49. The quantitative estimate of drug-likeness (QED) is 0.605. The highest BCUT2D eigenvalue weighted by molar-refractivity contribution is 5.84. The Morgan fingerprint density at radius 3 is 2.64 bits per heavy atom. The van der Waals surface area contributed by atoms with Crippen molar-refractivity contribution in [2.75, 3.05) is 17.2 Å². The van der Waals surface area contributed by atoms with Crippen molar-refractivity contribution in [2.24, 2.45) is 0 Å². The monoisotopic (exact) mass is 341 g/mol. The van der Waals surface area contributed by atoms with Crippen LogP contribution in [-0.2, 0) is 6.54 Å². The molecule has 132 valence electrons. The first-order valence-corrected chi connectivity index (χ1v) is 8.35. The maximum Gasteiger partial charge on any atom is 0.226 e. The van der Waals surface area contributed by atoms with Crippen LogP contribution >= 0.6 is 0 Å². The fourth-order valence-electron chi connectivity index (χ4n) is 2.41. The Kier molecular flexibility index (Phi) is 5.08. The van der Waals surface area contributed by atoms with E-state index in [1.165, 1.54) is 0 Å². The largest absolute Gasteiger partial charge is 0.392 e. The van der Waals surface area contributed by atoms with E-state index < -0.39 is 6.10 Å². The Bertz CT molecular complexity index is 830. The molecule has 3 rings (SSSR count). The summed E-state index contributed by atoms with van der Waals surface area (Å²) in [5.74, 6) is 1.10. The number of imidazole rings is 1. The van der Waals surface area contributed by atoms with Gasteiger partial charge in [0.05, 0.1) is 24.7 Å². The van der Waals surface area contributed by atoms with Crippen LogP contribution in [0.2, 0.25) is 0 Å². The highest BCUT2D eigenvalue weighted by Crippen LogP contribution is 2.23. The van der Waals surface area contributed by atoms with Crippen molar-refractivity contribution in [1.29, 1.82) is 0 Å². The second-order valence-electron chi connectivity index (χ2n) is 6.22. The number of hydrogen-bond acceptors (Lipinski definition) is 7. The first-order valence-electron chi connectivity index (χ1n) is 8.35. The molecule has 8 heteroatoms. The minimum atomic E-state index is -0.487. The molecule has 3 N–H and O–H groups in total. The molecule has 3 aromatic heterocycles. The fourth-order valence-corrected chi connectivity index (χ4v) is 2.41. The molecule has 0 amide bonds. The van der Waals surface area contributed by atoms with Crippen LogP contribution < -0.4 is 10.6 Å². The van der Waals surface area contributed by atoms with Gasteiger partial charge in [-0.05, 0) is 32.9 Å². The van der Waals surface area contributed by atoms with Gasteiger partial charge in [-0.1, -0.05) is 6.07 Å². The number of pyridine rings is 1. The molecule has 0 aliphatic carbocycles. The Balaban J connectivity index is 1.93. The number of aliphatic hydroxyl groups is 1. The minimum Gasteiger partial charge on any atom is -0.392 e. The summed E-state index contributed by atoms with van der Waals surface area (Å²) in [7, 11) is 0. The maximum absolute atomic E-state index is 9.49. The molecular formula is C17H23N7O. The highest BCUT2D eigenvalue weighted by Gasteiger charge is 2.15. The minimum absolute atomic E-state index is 0.230. The van der Waals surface area contributed by atoms with Gasteiger partial charge < -0.3 is 20.3 Å². The summed E-state index contributed by atoms with van der Waals surface area (Å²) in [6, 6.07) is 6.01. The van der Waals surface area contributed by atoms with Crippen molar-refractivity contribution in [3.8, 4) is 0 Å². The van der Waals surface area contributed by atoms with Gasteiger partial charge in [0, 0.05) is 18.8 Å². The van der Waals surface area contributed by atoms with Gasteiger partial charge in [0.1, 0.15) is 0 Å². The normalized spacial score (nSPS) is 12.5. The number of hydrogen-bond donors (Lipinski definition) is 3. The van der Waals surface area contributed by atoms with E-state index in [-0.39, 0.29) is 6.04 Å². The number of aliphatic hydroxyl groups excluding tert-OH is 1. The molecule has 0 radical (unpaired) electrons. The van der Waals surface area contributed by atoms with Crippen LogP contribution in [0.4, 0.5) is 11.8 Å². The molecule has 0 aliphatic heterocycles. The summed E-state index contributed by atoms with van der Waals surface area (Å²) in [6.07, 6.45) is 3.05. The Morgan fingerprint density at radius 2 is 1.96 bits per heavy atom. The van der Waals surface area contributed by atoms with E-state index in [4.69, 9.17) is 0 Å². The third-order valence-corrected chi connectivity index (χ3v) is 3.70. The van der Waals surface area contributed by atoms with Crippen molar-refractivity contribution in [2.45, 2.75) is 39.5 Å². The second kappa shape index (κ2) is 7.43. The molecule has 0 fully saturated rings. The second-order valence-corrected chi connectivity index (χ2v) is 6.22. The van der Waals surface area contributed by atoms with E-state index in [0.29, 0.717) is 30.4 Å². The van der Waals surface area contributed by atoms with E-state index in [1.807, 2.05) is 22.8 Å². The zero-order chi connectivity index (χ0) is 17.8. The van der Waals surface area contributed by atoms with Crippen molar-refractivity contribution >= 4 is 22.9 Å². The lowest BCUT2D eigenvalue weighted by Crippen LogP contribution is -2.18. The van der Waals surface area contributed by atoms with Crippen molar-refractivity contribution in [3.05, 3.63) is 36.4 Å². The average molecular weight is 341 g/mol. The van der Waals surface area contributed by atoms with E-state index in [2.05, 4.69) is 44.4 Å². The van der Waals surface area contributed by atoms with Crippen LogP contribution in [0.25, 0.3) is 11.2 Å². The predicted molar refractivity (Wildman–Crippen MR) is 97.4 cm³/mol. The van der Waals surface area contributed by atoms with Crippen molar-refractivity contribution in [3.63, 3.8) is 0 Å². The third-order valence-electron chi connectivity index (χ3n) is 3.70. The van der Waals surface area contributed by atoms with Gasteiger partial charge in [0.15, 0.2) is 17.0 Å². The lowest BCUT2D eigenvalue weighted by molar-refractivity contribution is 0.208. The molecule has 0 saturated heterocycles. The first-order chi connectivity index (χ1) is 12.0. The van der Waals surface area contributed by atoms with Crippen LogP contribution in [0.3, 0.4) is 0 Å². The Hall–Kier alpha value is -2.74. The molecule has 3 heterocycles. The van der Waals surface area contributed by atoms with E-state index in [9.17, 15) is 5.11 Å².